The summed E-state index contributed by atoms with van der Waals surface area (Å²) in [7, 11) is -3.87. The number of hydrogen-bond donors (Lipinski definition) is 4. The van der Waals surface area contributed by atoms with Crippen molar-refractivity contribution in [2.24, 2.45) is 11.7 Å². The van der Waals surface area contributed by atoms with Crippen LogP contribution in [0.3, 0.4) is 0 Å². The standard InChI is InChI=1S/C13H19N5O4S.ClH/c1-7(2)3-8(5-14)18-23(21,22)9-4-10-11(15-6-9)16-13(20)17-12(10)19;/h4,6-8,18H,3,5,14H2,1-2H3,(H2,15,16,17,19,20);1H. The second kappa shape index (κ2) is 7.88. The van der Waals surface area contributed by atoms with E-state index in [4.69, 9.17) is 5.73 Å². The Kier molecular flexibility index (Phi) is 6.67. The second-order valence-corrected chi connectivity index (χ2v) is 7.37. The number of aromatic amines is 2. The first-order valence-corrected chi connectivity index (χ1v) is 8.56. The Morgan fingerprint density at radius 2 is 1.96 bits per heavy atom. The van der Waals surface area contributed by atoms with Crippen LogP contribution in [0, 0.1) is 5.92 Å². The molecule has 9 nitrogen and oxygen atoms in total. The summed E-state index contributed by atoms with van der Waals surface area (Å²) in [6.07, 6.45) is 1.67. The van der Waals surface area contributed by atoms with Crippen LogP contribution in [0.15, 0.2) is 26.7 Å². The minimum absolute atomic E-state index is 0. The summed E-state index contributed by atoms with van der Waals surface area (Å²) in [6, 6.07) is 0.757. The van der Waals surface area contributed by atoms with Crippen molar-refractivity contribution >= 4 is 33.5 Å². The first-order chi connectivity index (χ1) is 10.7. The fourth-order valence-corrected chi connectivity index (χ4v) is 3.46. The van der Waals surface area contributed by atoms with Crippen LogP contribution in [-0.4, -0.2) is 36.0 Å². The van der Waals surface area contributed by atoms with Gasteiger partial charge in [0.2, 0.25) is 10.0 Å². The second-order valence-electron chi connectivity index (χ2n) is 5.66. The number of pyridine rings is 1. The summed E-state index contributed by atoms with van der Waals surface area (Å²) in [5.74, 6) is 0.272. The van der Waals surface area contributed by atoms with E-state index in [1.807, 2.05) is 18.8 Å². The Hall–Kier alpha value is -1.75. The van der Waals surface area contributed by atoms with E-state index in [-0.39, 0.29) is 40.8 Å². The molecule has 0 saturated heterocycles. The molecule has 2 rings (SSSR count). The molecule has 1 unspecified atom stereocenters. The third kappa shape index (κ3) is 4.63. The molecule has 0 bridgehead atoms. The maximum atomic E-state index is 12.4. The lowest BCUT2D eigenvalue weighted by atomic mass is 10.1. The number of nitrogens with one attached hydrogen (secondary N) is 3. The number of rotatable bonds is 6. The van der Waals surface area contributed by atoms with E-state index < -0.39 is 27.3 Å². The summed E-state index contributed by atoms with van der Waals surface area (Å²) in [6.45, 7) is 4.08. The van der Waals surface area contributed by atoms with Gasteiger partial charge in [0.25, 0.3) is 5.56 Å². The van der Waals surface area contributed by atoms with E-state index in [1.54, 1.807) is 0 Å². The Balaban J connectivity index is 0.00000288. The van der Waals surface area contributed by atoms with E-state index in [2.05, 4.69) is 14.7 Å². The summed E-state index contributed by atoms with van der Waals surface area (Å²) in [5, 5.41) is -0.0133. The van der Waals surface area contributed by atoms with E-state index in [1.165, 1.54) is 6.07 Å². The molecule has 0 spiro atoms. The predicted octanol–water partition coefficient (Wildman–Crippen LogP) is -0.315. The number of H-pyrrole nitrogens is 2. The Morgan fingerprint density at radius 1 is 1.29 bits per heavy atom. The number of aromatic nitrogens is 3. The van der Waals surface area contributed by atoms with E-state index in [9.17, 15) is 18.0 Å². The molecule has 0 aromatic carbocycles. The molecule has 0 aliphatic rings. The molecule has 2 aromatic heterocycles. The zero-order chi connectivity index (χ0) is 17.2. The molecule has 0 aliphatic carbocycles. The predicted molar refractivity (Wildman–Crippen MR) is 92.9 cm³/mol. The molecule has 0 amide bonds. The van der Waals surface area contributed by atoms with Crippen molar-refractivity contribution in [1.29, 1.82) is 0 Å². The first kappa shape index (κ1) is 20.3. The molecule has 0 fully saturated rings. The zero-order valence-corrected chi connectivity index (χ0v) is 14.8. The molecule has 5 N–H and O–H groups in total. The van der Waals surface area contributed by atoms with Gasteiger partial charge in [0.05, 0.1) is 5.39 Å². The Morgan fingerprint density at radius 3 is 2.54 bits per heavy atom. The van der Waals surface area contributed by atoms with Crippen LogP contribution in [0.25, 0.3) is 11.0 Å². The van der Waals surface area contributed by atoms with Crippen molar-refractivity contribution in [2.45, 2.75) is 31.2 Å². The van der Waals surface area contributed by atoms with Crippen LogP contribution in [0.2, 0.25) is 0 Å². The van der Waals surface area contributed by atoms with Crippen molar-refractivity contribution in [3.8, 4) is 0 Å². The molecule has 134 valence electrons. The lowest BCUT2D eigenvalue weighted by Gasteiger charge is -2.18. The minimum atomic E-state index is -3.87. The van der Waals surface area contributed by atoms with Crippen molar-refractivity contribution in [3.05, 3.63) is 33.1 Å². The van der Waals surface area contributed by atoms with Crippen LogP contribution in [0.4, 0.5) is 0 Å². The maximum absolute atomic E-state index is 12.4. The van der Waals surface area contributed by atoms with Crippen molar-refractivity contribution in [2.75, 3.05) is 6.54 Å². The molecule has 24 heavy (non-hydrogen) atoms. The van der Waals surface area contributed by atoms with Crippen LogP contribution in [0.1, 0.15) is 20.3 Å². The van der Waals surface area contributed by atoms with Crippen LogP contribution in [-0.2, 0) is 10.0 Å². The topological polar surface area (TPSA) is 151 Å². The number of halogens is 1. The number of fused-ring (bicyclic) bond motifs is 1. The molecular formula is C13H20ClN5O4S. The van der Waals surface area contributed by atoms with Gasteiger partial charge in [-0.25, -0.2) is 22.9 Å². The average molecular weight is 378 g/mol. The number of nitrogens with two attached hydrogens (primary N) is 1. The van der Waals surface area contributed by atoms with E-state index in [0.717, 1.165) is 6.20 Å². The quantitative estimate of drug-likeness (QED) is 0.541. The molecule has 0 aliphatic heterocycles. The molecule has 0 radical (unpaired) electrons. The first-order valence-electron chi connectivity index (χ1n) is 7.07. The molecule has 2 heterocycles. The molecule has 11 heteroatoms. The van der Waals surface area contributed by atoms with Gasteiger partial charge in [0.1, 0.15) is 10.5 Å². The number of sulfonamides is 1. The highest BCUT2D eigenvalue weighted by Crippen LogP contribution is 2.13. The Bertz CT molecular complexity index is 922. The number of nitrogens with zero attached hydrogens (tertiary/aromatic N) is 1. The smallest absolute Gasteiger partial charge is 0.327 e. The van der Waals surface area contributed by atoms with Gasteiger partial charge < -0.3 is 5.73 Å². The van der Waals surface area contributed by atoms with Crippen molar-refractivity contribution in [3.63, 3.8) is 0 Å². The highest BCUT2D eigenvalue weighted by Gasteiger charge is 2.21. The SMILES string of the molecule is CC(C)CC(CN)NS(=O)(=O)c1cnc2[nH]c(=O)[nH]c(=O)c2c1.Cl. The van der Waals surface area contributed by atoms with Crippen LogP contribution < -0.4 is 21.7 Å². The largest absolute Gasteiger partial charge is 0.329 e. The van der Waals surface area contributed by atoms with Crippen molar-refractivity contribution < 1.29 is 8.42 Å². The van der Waals surface area contributed by atoms with Gasteiger partial charge in [-0.3, -0.25) is 14.8 Å². The van der Waals surface area contributed by atoms with Gasteiger partial charge in [-0.15, -0.1) is 12.4 Å². The van der Waals surface area contributed by atoms with Gasteiger partial charge in [0, 0.05) is 18.8 Å². The molecule has 1 atom stereocenters. The lowest BCUT2D eigenvalue weighted by molar-refractivity contribution is 0.465. The summed E-state index contributed by atoms with van der Waals surface area (Å²) < 4.78 is 27.3. The highest BCUT2D eigenvalue weighted by atomic mass is 35.5. The normalized spacial score (nSPS) is 13.0. The summed E-state index contributed by atoms with van der Waals surface area (Å²) in [4.78, 5) is 31.0. The Labute approximate surface area is 144 Å². The third-order valence-corrected chi connectivity index (χ3v) is 4.73. The fourth-order valence-electron chi connectivity index (χ4n) is 2.22. The van der Waals surface area contributed by atoms with Gasteiger partial charge in [0.15, 0.2) is 0 Å². The highest BCUT2D eigenvalue weighted by molar-refractivity contribution is 7.89. The molecular weight excluding hydrogens is 358 g/mol. The van der Waals surface area contributed by atoms with Crippen LogP contribution in [0.5, 0.6) is 0 Å². The lowest BCUT2D eigenvalue weighted by Crippen LogP contribution is -2.41. The van der Waals surface area contributed by atoms with Gasteiger partial charge >= 0.3 is 5.69 Å². The fraction of sp³-hybridized carbons (Fsp3) is 0.462. The van der Waals surface area contributed by atoms with E-state index in [0.29, 0.717) is 6.42 Å². The van der Waals surface area contributed by atoms with Crippen LogP contribution >= 0.6 is 12.4 Å². The zero-order valence-electron chi connectivity index (χ0n) is 13.2. The molecule has 2 aromatic rings. The van der Waals surface area contributed by atoms with E-state index >= 15 is 0 Å². The van der Waals surface area contributed by atoms with Gasteiger partial charge in [-0.05, 0) is 18.4 Å². The minimum Gasteiger partial charge on any atom is -0.329 e. The third-order valence-electron chi connectivity index (χ3n) is 3.24. The summed E-state index contributed by atoms with van der Waals surface area (Å²) >= 11 is 0. The summed E-state index contributed by atoms with van der Waals surface area (Å²) in [5.41, 5.74) is 4.22. The van der Waals surface area contributed by atoms with Crippen molar-refractivity contribution in [1.82, 2.24) is 19.7 Å². The number of hydrogen-bond acceptors (Lipinski definition) is 6. The molecule has 0 saturated carbocycles. The van der Waals surface area contributed by atoms with Gasteiger partial charge in [-0.1, -0.05) is 13.8 Å². The monoisotopic (exact) mass is 377 g/mol. The average Bonchev–Trinajstić information content (AvgIpc) is 2.45. The van der Waals surface area contributed by atoms with Gasteiger partial charge in [-0.2, -0.15) is 0 Å². The maximum Gasteiger partial charge on any atom is 0.327 e.